The van der Waals surface area contributed by atoms with Crippen molar-refractivity contribution in [3.8, 4) is 0 Å². The van der Waals surface area contributed by atoms with E-state index in [2.05, 4.69) is 0 Å². The Labute approximate surface area is 143 Å². The second-order valence-electron chi connectivity index (χ2n) is 6.01. The van der Waals surface area contributed by atoms with E-state index in [1.165, 1.54) is 12.1 Å². The molecule has 0 radical (unpaired) electrons. The molecule has 6 nitrogen and oxygen atoms in total. The van der Waals surface area contributed by atoms with Crippen molar-refractivity contribution in [2.75, 3.05) is 7.05 Å². The molecule has 1 aliphatic carbocycles. The van der Waals surface area contributed by atoms with E-state index >= 15 is 0 Å². The Hall–Kier alpha value is -1.15. The highest BCUT2D eigenvalue weighted by Gasteiger charge is 2.31. The molecular formula is C15H24ClN3O3S. The Morgan fingerprint density at radius 3 is 2.26 bits per heavy atom. The van der Waals surface area contributed by atoms with Crippen LogP contribution in [0.5, 0.6) is 0 Å². The van der Waals surface area contributed by atoms with Crippen molar-refractivity contribution in [2.45, 2.75) is 43.2 Å². The highest BCUT2D eigenvalue weighted by molar-refractivity contribution is 7.89. The summed E-state index contributed by atoms with van der Waals surface area (Å²) in [6, 6.07) is 6.28. The third-order valence-electron chi connectivity index (χ3n) is 4.44. The number of carbonyl (C=O) groups excluding carboxylic acids is 1. The van der Waals surface area contributed by atoms with Crippen LogP contribution < -0.4 is 10.9 Å². The fourth-order valence-corrected chi connectivity index (χ4v) is 3.39. The Kier molecular flexibility index (Phi) is 6.59. The van der Waals surface area contributed by atoms with Gasteiger partial charge in [-0.15, -0.1) is 12.4 Å². The molecule has 8 heteroatoms. The Morgan fingerprint density at radius 2 is 1.83 bits per heavy atom. The lowest BCUT2D eigenvalue weighted by Gasteiger charge is -2.28. The first-order valence-electron chi connectivity index (χ1n) is 7.35. The maximum absolute atomic E-state index is 12.5. The lowest BCUT2D eigenvalue weighted by atomic mass is 10.0. The number of rotatable bonds is 4. The lowest BCUT2D eigenvalue weighted by Crippen LogP contribution is -2.34. The predicted molar refractivity (Wildman–Crippen MR) is 91.6 cm³/mol. The molecule has 1 fully saturated rings. The summed E-state index contributed by atoms with van der Waals surface area (Å²) in [5.41, 5.74) is 6.73. The molecule has 0 spiro atoms. The molecule has 0 bridgehead atoms. The molecule has 4 N–H and O–H groups in total. The van der Waals surface area contributed by atoms with Gasteiger partial charge >= 0.3 is 0 Å². The van der Waals surface area contributed by atoms with Gasteiger partial charge in [0, 0.05) is 19.0 Å². The highest BCUT2D eigenvalue weighted by Crippen LogP contribution is 2.29. The van der Waals surface area contributed by atoms with E-state index in [1.54, 1.807) is 24.1 Å². The molecule has 2 rings (SSSR count). The summed E-state index contributed by atoms with van der Waals surface area (Å²) >= 11 is 0. The molecular weight excluding hydrogens is 338 g/mol. The topological polar surface area (TPSA) is 106 Å². The first-order valence-corrected chi connectivity index (χ1v) is 8.90. The number of halogens is 1. The number of hydrogen-bond donors (Lipinski definition) is 2. The molecule has 23 heavy (non-hydrogen) atoms. The quantitative estimate of drug-likeness (QED) is 0.845. The zero-order valence-corrected chi connectivity index (χ0v) is 14.9. The van der Waals surface area contributed by atoms with Crippen LogP contribution >= 0.6 is 12.4 Å². The summed E-state index contributed by atoms with van der Waals surface area (Å²) in [5, 5.41) is 5.08. The minimum absolute atomic E-state index is 0. The van der Waals surface area contributed by atoms with Crippen LogP contribution in [0.1, 0.15) is 37.8 Å². The van der Waals surface area contributed by atoms with Crippen LogP contribution in [0.3, 0.4) is 0 Å². The molecule has 1 saturated carbocycles. The van der Waals surface area contributed by atoms with E-state index < -0.39 is 10.0 Å². The Bertz CT molecular complexity index is 648. The van der Waals surface area contributed by atoms with Gasteiger partial charge < -0.3 is 10.6 Å². The van der Waals surface area contributed by atoms with Gasteiger partial charge in [-0.2, -0.15) is 0 Å². The maximum Gasteiger partial charge on any atom is 0.238 e. The molecule has 3 unspecified atom stereocenters. The van der Waals surface area contributed by atoms with Crippen LogP contribution in [0.25, 0.3) is 0 Å². The molecule has 1 aromatic carbocycles. The van der Waals surface area contributed by atoms with E-state index in [-0.39, 0.29) is 41.2 Å². The number of hydrogen-bond acceptors (Lipinski definition) is 4. The van der Waals surface area contributed by atoms with Crippen LogP contribution in [-0.4, -0.2) is 32.3 Å². The van der Waals surface area contributed by atoms with Gasteiger partial charge in [0.2, 0.25) is 15.9 Å². The van der Waals surface area contributed by atoms with Gasteiger partial charge in [-0.1, -0.05) is 12.1 Å². The van der Waals surface area contributed by atoms with E-state index in [0.717, 1.165) is 24.8 Å². The van der Waals surface area contributed by atoms with Gasteiger partial charge in [-0.3, -0.25) is 4.79 Å². The zero-order valence-electron chi connectivity index (χ0n) is 13.3. The monoisotopic (exact) mass is 361 g/mol. The van der Waals surface area contributed by atoms with Gasteiger partial charge in [0.1, 0.15) is 0 Å². The van der Waals surface area contributed by atoms with E-state index in [4.69, 9.17) is 10.9 Å². The summed E-state index contributed by atoms with van der Waals surface area (Å²) < 4.78 is 22.5. The van der Waals surface area contributed by atoms with Gasteiger partial charge in [-0.05, 0) is 43.9 Å². The van der Waals surface area contributed by atoms with Crippen molar-refractivity contribution in [3.63, 3.8) is 0 Å². The fourth-order valence-electron chi connectivity index (χ4n) is 2.88. The van der Waals surface area contributed by atoms with E-state index in [9.17, 15) is 13.2 Å². The predicted octanol–water partition coefficient (Wildman–Crippen LogP) is 1.40. The second-order valence-corrected chi connectivity index (χ2v) is 7.57. The van der Waals surface area contributed by atoms with Gasteiger partial charge in [-0.25, -0.2) is 13.6 Å². The molecule has 130 valence electrons. The normalized spacial score (nSPS) is 22.3. The number of carbonyl (C=O) groups is 1. The van der Waals surface area contributed by atoms with Gasteiger partial charge in [0.15, 0.2) is 0 Å². The smallest absolute Gasteiger partial charge is 0.238 e. The summed E-state index contributed by atoms with van der Waals surface area (Å²) in [4.78, 5) is 14.3. The average molecular weight is 362 g/mol. The third-order valence-corrected chi connectivity index (χ3v) is 5.37. The summed E-state index contributed by atoms with van der Waals surface area (Å²) in [6.07, 6.45) is 2.46. The summed E-state index contributed by atoms with van der Waals surface area (Å²) in [7, 11) is -1.93. The van der Waals surface area contributed by atoms with Gasteiger partial charge in [0.05, 0.1) is 10.9 Å². The van der Waals surface area contributed by atoms with Crippen molar-refractivity contribution >= 4 is 28.3 Å². The van der Waals surface area contributed by atoms with E-state index in [0.29, 0.717) is 0 Å². The molecule has 1 aliphatic rings. The number of benzene rings is 1. The molecule has 1 amide bonds. The first-order chi connectivity index (χ1) is 10.2. The highest BCUT2D eigenvalue weighted by atomic mass is 35.5. The SMILES string of the molecule is CC(c1ccc(S(N)(=O)=O)cc1)N(C)C(=O)C1CCC(N)C1.Cl. The fraction of sp³-hybridized carbons (Fsp3) is 0.533. The van der Waals surface area contributed by atoms with Crippen molar-refractivity contribution in [1.82, 2.24) is 4.90 Å². The zero-order chi connectivity index (χ0) is 16.5. The Balaban J connectivity index is 0.00000264. The average Bonchev–Trinajstić information content (AvgIpc) is 2.90. The summed E-state index contributed by atoms with van der Waals surface area (Å²) in [5.74, 6) is 0.0853. The van der Waals surface area contributed by atoms with E-state index in [1.807, 2.05) is 6.92 Å². The summed E-state index contributed by atoms with van der Waals surface area (Å²) in [6.45, 7) is 1.92. The number of nitrogens with zero attached hydrogens (tertiary/aromatic N) is 1. The minimum Gasteiger partial charge on any atom is -0.339 e. The number of sulfonamides is 1. The second kappa shape index (κ2) is 7.61. The molecule has 0 heterocycles. The lowest BCUT2D eigenvalue weighted by molar-refractivity contribution is -0.136. The first kappa shape index (κ1) is 19.9. The van der Waals surface area contributed by atoms with Crippen LogP contribution in [0.15, 0.2) is 29.2 Å². The maximum atomic E-state index is 12.5. The van der Waals surface area contributed by atoms with Gasteiger partial charge in [0.25, 0.3) is 0 Å². The van der Waals surface area contributed by atoms with Crippen LogP contribution in [0.2, 0.25) is 0 Å². The van der Waals surface area contributed by atoms with Crippen molar-refractivity contribution in [3.05, 3.63) is 29.8 Å². The van der Waals surface area contributed by atoms with Crippen molar-refractivity contribution in [2.24, 2.45) is 16.8 Å². The minimum atomic E-state index is -3.70. The molecule has 0 aliphatic heterocycles. The standard InChI is InChI=1S/C15H23N3O3S.ClH/c1-10(11-4-7-14(8-5-11)22(17,20)21)18(2)15(19)12-3-6-13(16)9-12;/h4-5,7-8,10,12-13H,3,6,9,16H2,1-2H3,(H2,17,20,21);1H. The number of primary sulfonamides is 1. The Morgan fingerprint density at radius 1 is 1.26 bits per heavy atom. The van der Waals surface area contributed by atoms with Crippen LogP contribution in [-0.2, 0) is 14.8 Å². The molecule has 0 saturated heterocycles. The molecule has 3 atom stereocenters. The molecule has 0 aromatic heterocycles. The third kappa shape index (κ3) is 4.67. The van der Waals surface area contributed by atoms with Crippen molar-refractivity contribution < 1.29 is 13.2 Å². The van der Waals surface area contributed by atoms with Crippen LogP contribution in [0, 0.1) is 5.92 Å². The molecule has 1 aromatic rings. The largest absolute Gasteiger partial charge is 0.339 e. The van der Waals surface area contributed by atoms with Crippen molar-refractivity contribution in [1.29, 1.82) is 0 Å². The number of amides is 1. The van der Waals surface area contributed by atoms with Crippen LogP contribution in [0.4, 0.5) is 0 Å². The number of nitrogens with two attached hydrogens (primary N) is 2.